The number of anilines is 1. The number of quaternary nitrogens is 1. The van der Waals surface area contributed by atoms with Crippen LogP contribution in [-0.2, 0) is 9.53 Å². The van der Waals surface area contributed by atoms with E-state index in [4.69, 9.17) is 9.72 Å². The van der Waals surface area contributed by atoms with E-state index in [1.165, 1.54) is 16.7 Å². The molecule has 2 atom stereocenters. The number of hydrogen-bond acceptors (Lipinski definition) is 5. The molecule has 0 radical (unpaired) electrons. The number of nitrogens with one attached hydrogen (secondary N) is 2. The number of aromatic nitrogens is 1. The number of thiazole rings is 1. The van der Waals surface area contributed by atoms with Gasteiger partial charge in [0.05, 0.1) is 35.1 Å². The van der Waals surface area contributed by atoms with Gasteiger partial charge in [0.25, 0.3) is 5.91 Å². The maximum absolute atomic E-state index is 12.8. The van der Waals surface area contributed by atoms with E-state index in [1.807, 2.05) is 18.2 Å². The van der Waals surface area contributed by atoms with Crippen LogP contribution >= 0.6 is 11.3 Å². The molecule has 0 aliphatic carbocycles. The Morgan fingerprint density at radius 3 is 2.79 bits per heavy atom. The molecule has 0 bridgehead atoms. The van der Waals surface area contributed by atoms with E-state index in [0.29, 0.717) is 17.8 Å². The van der Waals surface area contributed by atoms with Crippen LogP contribution in [0.5, 0.6) is 0 Å². The van der Waals surface area contributed by atoms with Crippen molar-refractivity contribution in [1.82, 2.24) is 4.98 Å². The maximum Gasteiger partial charge on any atom is 0.339 e. The summed E-state index contributed by atoms with van der Waals surface area (Å²) in [6, 6.07) is 15.3. The number of fused-ring (bicyclic) bond motifs is 1. The van der Waals surface area contributed by atoms with Crippen molar-refractivity contribution in [3.05, 3.63) is 59.1 Å². The van der Waals surface area contributed by atoms with Gasteiger partial charge in [-0.3, -0.25) is 4.79 Å². The van der Waals surface area contributed by atoms with Crippen LogP contribution in [0, 0.1) is 0 Å². The number of rotatable bonds is 5. The molecule has 29 heavy (non-hydrogen) atoms. The minimum Gasteiger partial charge on any atom is -0.465 e. The van der Waals surface area contributed by atoms with E-state index in [0.717, 1.165) is 36.3 Å². The Morgan fingerprint density at radius 1 is 1.17 bits per heavy atom. The highest BCUT2D eigenvalue weighted by molar-refractivity contribution is 7.18. The average molecular weight is 411 g/mol. The predicted molar refractivity (Wildman–Crippen MR) is 113 cm³/mol. The molecule has 0 spiro atoms. The highest BCUT2D eigenvalue weighted by Gasteiger charge is 2.32. The van der Waals surface area contributed by atoms with Crippen molar-refractivity contribution in [3.8, 4) is 0 Å². The molecule has 1 aromatic heterocycles. The second-order valence-electron chi connectivity index (χ2n) is 7.24. The molecule has 150 valence electrons. The highest BCUT2D eigenvalue weighted by Crippen LogP contribution is 2.28. The van der Waals surface area contributed by atoms with Crippen LogP contribution in [0.3, 0.4) is 0 Å². The molecular formula is C22H24N3O3S+. The second kappa shape index (κ2) is 8.71. The van der Waals surface area contributed by atoms with Crippen LogP contribution < -0.4 is 10.2 Å². The van der Waals surface area contributed by atoms with Gasteiger partial charge in [-0.25, -0.2) is 9.78 Å². The van der Waals surface area contributed by atoms with Crippen molar-refractivity contribution < 1.29 is 19.2 Å². The van der Waals surface area contributed by atoms with E-state index >= 15 is 0 Å². The molecule has 1 unspecified atom stereocenters. The predicted octanol–water partition coefficient (Wildman–Crippen LogP) is 2.83. The topological polar surface area (TPSA) is 72.7 Å². The number of ether oxygens (including phenoxy) is 1. The monoisotopic (exact) mass is 410 g/mol. The average Bonchev–Trinajstić information content (AvgIpc) is 3.18. The van der Waals surface area contributed by atoms with E-state index in [2.05, 4.69) is 11.4 Å². The minimum atomic E-state index is -0.460. The van der Waals surface area contributed by atoms with E-state index < -0.39 is 5.97 Å². The smallest absolute Gasteiger partial charge is 0.339 e. The lowest BCUT2D eigenvalue weighted by Gasteiger charge is -2.30. The molecule has 1 aliphatic rings. The van der Waals surface area contributed by atoms with E-state index in [-0.39, 0.29) is 11.9 Å². The first-order valence-electron chi connectivity index (χ1n) is 9.83. The molecule has 0 saturated carbocycles. The summed E-state index contributed by atoms with van der Waals surface area (Å²) < 4.78 is 5.99. The third-order valence-electron chi connectivity index (χ3n) is 5.34. The Morgan fingerprint density at radius 2 is 1.97 bits per heavy atom. The number of hydrogen-bond donors (Lipinski definition) is 2. The third-order valence-corrected chi connectivity index (χ3v) is 6.49. The van der Waals surface area contributed by atoms with Gasteiger partial charge >= 0.3 is 5.97 Å². The third kappa shape index (κ3) is 4.31. The van der Waals surface area contributed by atoms with E-state index in [1.54, 1.807) is 35.6 Å². The fraction of sp³-hybridized carbons (Fsp3) is 0.318. The maximum atomic E-state index is 12.8. The first kappa shape index (κ1) is 19.5. The first-order chi connectivity index (χ1) is 14.2. The summed E-state index contributed by atoms with van der Waals surface area (Å²) in [6.45, 7) is 1.28. The summed E-state index contributed by atoms with van der Waals surface area (Å²) in [5.41, 5.74) is 1.87. The van der Waals surface area contributed by atoms with Gasteiger partial charge in [0.15, 0.2) is 11.6 Å². The molecule has 7 heteroatoms. The van der Waals surface area contributed by atoms with Crippen molar-refractivity contribution in [2.24, 2.45) is 0 Å². The molecule has 2 aromatic carbocycles. The normalized spacial score (nSPS) is 19.1. The number of carbonyl (C=O) groups excluding carboxylic acids is 2. The molecule has 6 nitrogen and oxygen atoms in total. The fourth-order valence-corrected chi connectivity index (χ4v) is 5.07. The molecular weight excluding hydrogens is 386 g/mol. The Kier molecular flexibility index (Phi) is 5.87. The van der Waals surface area contributed by atoms with Crippen LogP contribution in [-0.4, -0.2) is 37.1 Å². The summed E-state index contributed by atoms with van der Waals surface area (Å²) in [7, 11) is 1.33. The number of nitrogens with zero attached hydrogens (tertiary/aromatic N) is 1. The van der Waals surface area contributed by atoms with Crippen LogP contribution in [0.4, 0.5) is 5.69 Å². The zero-order valence-corrected chi connectivity index (χ0v) is 17.1. The van der Waals surface area contributed by atoms with Gasteiger partial charge in [-0.15, -0.1) is 11.3 Å². The zero-order valence-electron chi connectivity index (χ0n) is 16.3. The highest BCUT2D eigenvalue weighted by atomic mass is 32.1. The van der Waals surface area contributed by atoms with Crippen LogP contribution in [0.25, 0.3) is 10.2 Å². The fourth-order valence-electron chi connectivity index (χ4n) is 3.91. The number of esters is 1. The Labute approximate surface area is 173 Å². The largest absolute Gasteiger partial charge is 0.465 e. The van der Waals surface area contributed by atoms with E-state index in [9.17, 15) is 9.59 Å². The molecule has 2 heterocycles. The van der Waals surface area contributed by atoms with Crippen molar-refractivity contribution in [1.29, 1.82) is 0 Å². The zero-order chi connectivity index (χ0) is 20.2. The van der Waals surface area contributed by atoms with Crippen LogP contribution in [0.1, 0.15) is 40.7 Å². The molecule has 1 aliphatic heterocycles. The lowest BCUT2D eigenvalue weighted by molar-refractivity contribution is -0.929. The standard InChI is InChI=1S/C22H23N3O3S/c1-28-22(27)15-8-2-3-9-16(15)23-20(26)14-25-13-7-6-11-18(25)21-24-17-10-4-5-12-19(17)29-21/h2-5,8-10,12,18H,6-7,11,13-14H2,1H3,(H,23,26)/p+1/t18-/m0/s1. The van der Waals surface area contributed by atoms with Crippen molar-refractivity contribution in [2.75, 3.05) is 25.5 Å². The summed E-state index contributed by atoms with van der Waals surface area (Å²) in [5.74, 6) is -0.567. The summed E-state index contributed by atoms with van der Waals surface area (Å²) in [5, 5.41) is 3.99. The lowest BCUT2D eigenvalue weighted by atomic mass is 10.0. The number of amides is 1. The number of benzene rings is 2. The first-order valence-corrected chi connectivity index (χ1v) is 10.6. The number of para-hydroxylation sites is 2. The number of carbonyl (C=O) groups is 2. The van der Waals surface area contributed by atoms with Gasteiger partial charge < -0.3 is 15.0 Å². The van der Waals surface area contributed by atoms with Gasteiger partial charge in [-0.1, -0.05) is 24.3 Å². The van der Waals surface area contributed by atoms with Crippen molar-refractivity contribution in [3.63, 3.8) is 0 Å². The quantitative estimate of drug-likeness (QED) is 0.635. The van der Waals surface area contributed by atoms with Crippen LogP contribution in [0.2, 0.25) is 0 Å². The lowest BCUT2D eigenvalue weighted by Crippen LogP contribution is -3.14. The van der Waals surface area contributed by atoms with Gasteiger partial charge in [0, 0.05) is 6.42 Å². The van der Waals surface area contributed by atoms with Crippen molar-refractivity contribution in [2.45, 2.75) is 25.3 Å². The Bertz CT molecular complexity index is 1000. The number of piperidine rings is 1. The van der Waals surface area contributed by atoms with Crippen molar-refractivity contribution >= 4 is 39.1 Å². The molecule has 3 aromatic rings. The van der Waals surface area contributed by atoms with Gasteiger partial charge in [0.1, 0.15) is 6.04 Å². The SMILES string of the molecule is COC(=O)c1ccccc1NC(=O)C[NH+]1CCCC[C@H]1c1nc2ccccc2s1. The molecule has 4 rings (SSSR count). The number of likely N-dealkylation sites (tertiary alicyclic amines) is 1. The minimum absolute atomic E-state index is 0.107. The summed E-state index contributed by atoms with van der Waals surface area (Å²) in [6.07, 6.45) is 3.28. The van der Waals surface area contributed by atoms with Gasteiger partial charge in [0.2, 0.25) is 0 Å². The summed E-state index contributed by atoms with van der Waals surface area (Å²) >= 11 is 1.72. The molecule has 1 saturated heterocycles. The summed E-state index contributed by atoms with van der Waals surface area (Å²) in [4.78, 5) is 30.8. The van der Waals surface area contributed by atoms with Crippen LogP contribution in [0.15, 0.2) is 48.5 Å². The molecule has 1 amide bonds. The Balaban J connectivity index is 1.50. The molecule has 2 N–H and O–H groups in total. The second-order valence-corrected chi connectivity index (χ2v) is 8.30. The Hall–Kier alpha value is -2.77. The van der Waals surface area contributed by atoms with Gasteiger partial charge in [-0.2, -0.15) is 0 Å². The molecule has 1 fully saturated rings. The van der Waals surface area contributed by atoms with Gasteiger partial charge in [-0.05, 0) is 37.1 Å². The number of methoxy groups -OCH3 is 1.